The van der Waals surface area contributed by atoms with Gasteiger partial charge in [0.25, 0.3) is 0 Å². The smallest absolute Gasteiger partial charge is 0.422 e. The fourth-order valence-corrected chi connectivity index (χ4v) is 1.89. The van der Waals surface area contributed by atoms with E-state index in [4.69, 9.17) is 4.74 Å². The molecule has 1 rings (SSSR count). The van der Waals surface area contributed by atoms with Crippen molar-refractivity contribution in [1.29, 1.82) is 0 Å². The van der Waals surface area contributed by atoms with Crippen molar-refractivity contribution in [3.8, 4) is 0 Å². The monoisotopic (exact) mass is 298 g/mol. The van der Waals surface area contributed by atoms with Gasteiger partial charge in [-0.1, -0.05) is 6.42 Å². The number of hydrogen-bond acceptors (Lipinski definition) is 5. The van der Waals surface area contributed by atoms with E-state index in [1.807, 2.05) is 0 Å². The lowest BCUT2D eigenvalue weighted by atomic mass is 9.98. The first-order valence-electron chi connectivity index (χ1n) is 6.39. The molecular weight excluding hydrogens is 281 g/mol. The van der Waals surface area contributed by atoms with Crippen LogP contribution in [-0.4, -0.2) is 42.0 Å². The average Bonchev–Trinajstić information content (AvgIpc) is 2.36. The summed E-state index contributed by atoms with van der Waals surface area (Å²) in [7, 11) is 0. The van der Waals surface area contributed by atoms with Gasteiger partial charge in [-0.25, -0.2) is 4.79 Å². The van der Waals surface area contributed by atoms with Crippen molar-refractivity contribution in [1.82, 2.24) is 0 Å². The molecule has 0 amide bonds. The van der Waals surface area contributed by atoms with Crippen molar-refractivity contribution in [3.05, 3.63) is 0 Å². The van der Waals surface area contributed by atoms with E-state index >= 15 is 0 Å². The second-order valence-electron chi connectivity index (χ2n) is 4.69. The van der Waals surface area contributed by atoms with Crippen LogP contribution < -0.4 is 0 Å². The normalized spacial score (nSPS) is 18.4. The third-order valence-electron chi connectivity index (χ3n) is 2.86. The van der Waals surface area contributed by atoms with Crippen LogP contribution in [0.15, 0.2) is 0 Å². The third kappa shape index (κ3) is 6.74. The van der Waals surface area contributed by atoms with E-state index in [2.05, 4.69) is 4.74 Å². The van der Waals surface area contributed by atoms with Crippen LogP contribution in [-0.2, 0) is 19.1 Å². The van der Waals surface area contributed by atoms with E-state index in [0.717, 1.165) is 19.3 Å². The fraction of sp³-hybridized carbons (Fsp3) is 0.833. The molecule has 1 aliphatic carbocycles. The number of carbonyl (C=O) groups is 2. The summed E-state index contributed by atoms with van der Waals surface area (Å²) in [6, 6.07) is 0. The summed E-state index contributed by atoms with van der Waals surface area (Å²) in [5, 5.41) is 9.39. The van der Waals surface area contributed by atoms with E-state index in [0.29, 0.717) is 12.8 Å². The number of alkyl halides is 3. The maximum Gasteiger partial charge on any atom is 0.422 e. The van der Waals surface area contributed by atoms with Crippen molar-refractivity contribution in [2.24, 2.45) is 0 Å². The number of esters is 2. The molecular formula is C12H17F3O5. The summed E-state index contributed by atoms with van der Waals surface area (Å²) in [4.78, 5) is 22.5. The maximum absolute atomic E-state index is 11.8. The van der Waals surface area contributed by atoms with Gasteiger partial charge in [-0.3, -0.25) is 4.79 Å². The second-order valence-corrected chi connectivity index (χ2v) is 4.69. The van der Waals surface area contributed by atoms with Crippen molar-refractivity contribution < 1.29 is 37.3 Å². The quantitative estimate of drug-likeness (QED) is 0.782. The Balaban J connectivity index is 2.28. The highest BCUT2D eigenvalue weighted by atomic mass is 19.4. The third-order valence-corrected chi connectivity index (χ3v) is 2.86. The predicted octanol–water partition coefficient (Wildman–Crippen LogP) is 1.72. The molecule has 1 unspecified atom stereocenters. The van der Waals surface area contributed by atoms with Crippen LogP contribution in [0.4, 0.5) is 13.2 Å². The number of hydrogen-bond donors (Lipinski definition) is 1. The number of rotatable bonds is 5. The lowest BCUT2D eigenvalue weighted by Gasteiger charge is -2.23. The molecule has 0 heterocycles. The van der Waals surface area contributed by atoms with E-state index < -0.39 is 37.2 Å². The Morgan fingerprint density at radius 2 is 1.80 bits per heavy atom. The lowest BCUT2D eigenvalue weighted by molar-refractivity contribution is -0.188. The first-order chi connectivity index (χ1) is 9.28. The van der Waals surface area contributed by atoms with Crippen LogP contribution in [0, 0.1) is 0 Å². The van der Waals surface area contributed by atoms with Crippen LogP contribution in [0.1, 0.15) is 38.5 Å². The molecule has 0 aromatic carbocycles. The topological polar surface area (TPSA) is 72.8 Å². The molecule has 0 bridgehead atoms. The number of aliphatic hydroxyl groups is 1. The van der Waals surface area contributed by atoms with Gasteiger partial charge in [0.1, 0.15) is 6.10 Å². The Bertz CT molecular complexity index is 336. The van der Waals surface area contributed by atoms with Crippen LogP contribution in [0.5, 0.6) is 0 Å². The van der Waals surface area contributed by atoms with E-state index in [1.54, 1.807) is 0 Å². The van der Waals surface area contributed by atoms with Crippen LogP contribution in [0.2, 0.25) is 0 Å². The van der Waals surface area contributed by atoms with Crippen LogP contribution >= 0.6 is 0 Å². The highest BCUT2D eigenvalue weighted by Crippen LogP contribution is 2.21. The van der Waals surface area contributed by atoms with E-state index in [9.17, 15) is 27.9 Å². The first-order valence-corrected chi connectivity index (χ1v) is 6.39. The van der Waals surface area contributed by atoms with Gasteiger partial charge < -0.3 is 14.6 Å². The Labute approximate surface area is 114 Å². The van der Waals surface area contributed by atoms with Crippen molar-refractivity contribution >= 4 is 11.9 Å². The summed E-state index contributed by atoms with van der Waals surface area (Å²) in [6.07, 6.45) is -3.29. The molecule has 5 nitrogen and oxygen atoms in total. The predicted molar refractivity (Wildman–Crippen MR) is 60.6 cm³/mol. The molecule has 1 saturated carbocycles. The summed E-state index contributed by atoms with van der Waals surface area (Å²) in [5.74, 6) is -2.30. The molecule has 116 valence electrons. The summed E-state index contributed by atoms with van der Waals surface area (Å²) >= 11 is 0. The van der Waals surface area contributed by atoms with Gasteiger partial charge in [0.15, 0.2) is 12.7 Å². The summed E-state index contributed by atoms with van der Waals surface area (Å²) in [6.45, 7) is -1.74. The van der Waals surface area contributed by atoms with E-state index in [-0.39, 0.29) is 6.10 Å². The minimum Gasteiger partial charge on any atom is -0.460 e. The molecule has 1 atom stereocenters. The zero-order chi connectivity index (χ0) is 15.2. The number of aliphatic hydroxyl groups excluding tert-OH is 1. The highest BCUT2D eigenvalue weighted by Gasteiger charge is 2.31. The average molecular weight is 298 g/mol. The maximum atomic E-state index is 11.8. The van der Waals surface area contributed by atoms with Crippen LogP contribution in [0.3, 0.4) is 0 Å². The minimum atomic E-state index is -4.64. The van der Waals surface area contributed by atoms with Crippen molar-refractivity contribution in [2.45, 2.75) is 56.9 Å². The summed E-state index contributed by atoms with van der Waals surface area (Å²) < 4.78 is 44.2. The lowest BCUT2D eigenvalue weighted by Crippen LogP contribution is -2.32. The number of halogens is 3. The van der Waals surface area contributed by atoms with Gasteiger partial charge in [0, 0.05) is 0 Å². The van der Waals surface area contributed by atoms with Gasteiger partial charge in [-0.15, -0.1) is 0 Å². The molecule has 0 spiro atoms. The van der Waals surface area contributed by atoms with Gasteiger partial charge in [-0.05, 0) is 25.7 Å². The minimum absolute atomic E-state index is 0.294. The van der Waals surface area contributed by atoms with Gasteiger partial charge >= 0.3 is 18.1 Å². The molecule has 0 aromatic heterocycles. The standard InChI is InChI=1S/C12H17F3O5/c13-12(14,15)7-19-10(17)6-9(16)11(18)20-8-4-2-1-3-5-8/h8-9,16H,1-7H2. The molecule has 1 N–H and O–H groups in total. The molecule has 0 aromatic rings. The van der Waals surface area contributed by atoms with Gasteiger partial charge in [0.2, 0.25) is 0 Å². The van der Waals surface area contributed by atoms with Crippen molar-refractivity contribution in [2.75, 3.05) is 6.61 Å². The van der Waals surface area contributed by atoms with E-state index in [1.165, 1.54) is 0 Å². The van der Waals surface area contributed by atoms with Crippen molar-refractivity contribution in [3.63, 3.8) is 0 Å². The molecule has 0 saturated heterocycles. The largest absolute Gasteiger partial charge is 0.460 e. The summed E-state index contributed by atoms with van der Waals surface area (Å²) in [5.41, 5.74) is 0. The van der Waals surface area contributed by atoms with Gasteiger partial charge in [0.05, 0.1) is 6.42 Å². The number of carbonyl (C=O) groups excluding carboxylic acids is 2. The highest BCUT2D eigenvalue weighted by molar-refractivity contribution is 5.81. The molecule has 8 heteroatoms. The molecule has 20 heavy (non-hydrogen) atoms. The molecule has 1 aliphatic rings. The Hall–Kier alpha value is -1.31. The Kier molecular flexibility index (Phi) is 6.25. The molecule has 0 aliphatic heterocycles. The Morgan fingerprint density at radius 1 is 1.20 bits per heavy atom. The number of ether oxygens (including phenoxy) is 2. The molecule has 0 radical (unpaired) electrons. The SMILES string of the molecule is O=C(CC(O)C(=O)OC1CCCCC1)OCC(F)(F)F. The van der Waals surface area contributed by atoms with Crippen LogP contribution in [0.25, 0.3) is 0 Å². The zero-order valence-corrected chi connectivity index (χ0v) is 10.8. The fourth-order valence-electron chi connectivity index (χ4n) is 1.89. The Morgan fingerprint density at radius 3 is 2.35 bits per heavy atom. The second kappa shape index (κ2) is 7.47. The van der Waals surface area contributed by atoms with Gasteiger partial charge in [-0.2, -0.15) is 13.2 Å². The molecule has 1 fully saturated rings. The zero-order valence-electron chi connectivity index (χ0n) is 10.8. The first kappa shape index (κ1) is 16.7.